The van der Waals surface area contributed by atoms with Crippen molar-refractivity contribution < 1.29 is 0 Å². The molecule has 0 atom stereocenters. The van der Waals surface area contributed by atoms with Crippen LogP contribution >= 0.6 is 11.3 Å². The minimum absolute atomic E-state index is 0.0562. The van der Waals surface area contributed by atoms with Crippen LogP contribution in [0, 0.1) is 0 Å². The molecular weight excluding hydrogens is 579 g/mol. The lowest BCUT2D eigenvalue weighted by Gasteiger charge is -2.21. The van der Waals surface area contributed by atoms with Crippen LogP contribution in [0.4, 0.5) is 0 Å². The summed E-state index contributed by atoms with van der Waals surface area (Å²) in [6, 6.07) is 49.4. The lowest BCUT2D eigenvalue weighted by atomic mass is 9.82. The molecule has 1 aliphatic rings. The van der Waals surface area contributed by atoms with Gasteiger partial charge in [0.2, 0.25) is 0 Å². The summed E-state index contributed by atoms with van der Waals surface area (Å²) in [6.07, 6.45) is 0. The largest absolute Gasteiger partial charge is 0.208 e. The van der Waals surface area contributed by atoms with Gasteiger partial charge in [-0.15, -0.1) is 11.3 Å². The van der Waals surface area contributed by atoms with Gasteiger partial charge in [0.15, 0.2) is 17.5 Å². The number of aromatic nitrogens is 3. The molecule has 0 saturated heterocycles. The molecule has 2 heterocycles. The van der Waals surface area contributed by atoms with Crippen molar-refractivity contribution in [2.24, 2.45) is 0 Å². The first-order valence-corrected chi connectivity index (χ1v) is 16.4. The summed E-state index contributed by atoms with van der Waals surface area (Å²) in [5, 5.41) is 2.47. The van der Waals surface area contributed by atoms with Gasteiger partial charge in [-0.1, -0.05) is 141 Å². The highest BCUT2D eigenvalue weighted by Gasteiger charge is 2.35. The summed E-state index contributed by atoms with van der Waals surface area (Å²) < 4.78 is 2.45. The van der Waals surface area contributed by atoms with Gasteiger partial charge < -0.3 is 0 Å². The number of hydrogen-bond donors (Lipinski definition) is 0. The average molecular weight is 608 g/mol. The number of thiophene rings is 1. The molecule has 218 valence electrons. The van der Waals surface area contributed by atoms with Crippen molar-refractivity contribution >= 4 is 31.5 Å². The lowest BCUT2D eigenvalue weighted by molar-refractivity contribution is 0.660. The van der Waals surface area contributed by atoms with Crippen molar-refractivity contribution in [3.05, 3.63) is 151 Å². The van der Waals surface area contributed by atoms with Crippen molar-refractivity contribution in [2.75, 3.05) is 0 Å². The molecule has 1 aliphatic carbocycles. The minimum Gasteiger partial charge on any atom is -0.208 e. The molecule has 0 saturated carbocycles. The van der Waals surface area contributed by atoms with Crippen LogP contribution < -0.4 is 0 Å². The van der Waals surface area contributed by atoms with Gasteiger partial charge in [-0.2, -0.15) is 0 Å². The van der Waals surface area contributed by atoms with Crippen molar-refractivity contribution in [1.82, 2.24) is 15.0 Å². The molecule has 0 spiro atoms. The van der Waals surface area contributed by atoms with Crippen LogP contribution in [0.2, 0.25) is 0 Å². The van der Waals surface area contributed by atoms with Crippen molar-refractivity contribution in [1.29, 1.82) is 0 Å². The SMILES string of the molecule is CC1(C)c2ccccc2-c2cc(-c3nc(-c4ccccc4)nc(-c4cccc5c4sc4c(-c6ccccc6)cccc45)n3)ccc21. The predicted octanol–water partition coefficient (Wildman–Crippen LogP) is 11.2. The van der Waals surface area contributed by atoms with Gasteiger partial charge in [0.05, 0.1) is 0 Å². The molecule has 0 fully saturated rings. The third kappa shape index (κ3) is 4.14. The van der Waals surface area contributed by atoms with E-state index in [1.165, 1.54) is 53.6 Å². The highest BCUT2D eigenvalue weighted by Crippen LogP contribution is 2.49. The van der Waals surface area contributed by atoms with Crippen molar-refractivity contribution in [3.63, 3.8) is 0 Å². The minimum atomic E-state index is -0.0562. The van der Waals surface area contributed by atoms with E-state index in [2.05, 4.69) is 135 Å². The molecule has 4 heteroatoms. The molecular formula is C42H29N3S. The zero-order chi connectivity index (χ0) is 30.8. The maximum atomic E-state index is 5.20. The molecule has 0 aliphatic heterocycles. The summed E-state index contributed by atoms with van der Waals surface area (Å²) in [6.45, 7) is 4.61. The fourth-order valence-electron chi connectivity index (χ4n) is 7.04. The second kappa shape index (κ2) is 10.3. The Bertz CT molecular complexity index is 2440. The summed E-state index contributed by atoms with van der Waals surface area (Å²) in [7, 11) is 0. The van der Waals surface area contributed by atoms with Gasteiger partial charge >= 0.3 is 0 Å². The van der Waals surface area contributed by atoms with E-state index in [1.807, 2.05) is 29.5 Å². The summed E-state index contributed by atoms with van der Waals surface area (Å²) in [4.78, 5) is 15.4. The van der Waals surface area contributed by atoms with Crippen LogP contribution in [0.1, 0.15) is 25.0 Å². The van der Waals surface area contributed by atoms with Gasteiger partial charge in [-0.25, -0.2) is 15.0 Å². The highest BCUT2D eigenvalue weighted by molar-refractivity contribution is 7.26. The molecule has 0 unspecified atom stereocenters. The first kappa shape index (κ1) is 26.9. The number of rotatable bonds is 4. The van der Waals surface area contributed by atoms with Crippen LogP contribution in [-0.2, 0) is 5.41 Å². The van der Waals surface area contributed by atoms with E-state index in [1.54, 1.807) is 0 Å². The Morgan fingerprint density at radius 2 is 0.957 bits per heavy atom. The Morgan fingerprint density at radius 3 is 1.70 bits per heavy atom. The zero-order valence-electron chi connectivity index (χ0n) is 25.5. The lowest BCUT2D eigenvalue weighted by Crippen LogP contribution is -2.14. The predicted molar refractivity (Wildman–Crippen MR) is 192 cm³/mol. The third-order valence-electron chi connectivity index (χ3n) is 9.36. The fraction of sp³-hybridized carbons (Fsp3) is 0.0714. The average Bonchev–Trinajstić information content (AvgIpc) is 3.61. The number of fused-ring (bicyclic) bond motifs is 6. The van der Waals surface area contributed by atoms with E-state index >= 15 is 0 Å². The van der Waals surface area contributed by atoms with Gasteiger partial charge in [-0.05, 0) is 45.5 Å². The van der Waals surface area contributed by atoms with E-state index in [9.17, 15) is 0 Å². The molecule has 2 aromatic heterocycles. The molecule has 9 rings (SSSR count). The van der Waals surface area contributed by atoms with Gasteiger partial charge in [0, 0.05) is 42.3 Å². The molecule has 0 radical (unpaired) electrons. The Morgan fingerprint density at radius 1 is 0.413 bits per heavy atom. The van der Waals surface area contributed by atoms with Crippen LogP contribution in [0.25, 0.3) is 76.6 Å². The second-order valence-electron chi connectivity index (χ2n) is 12.4. The maximum Gasteiger partial charge on any atom is 0.165 e. The Labute approximate surface area is 271 Å². The summed E-state index contributed by atoms with van der Waals surface area (Å²) in [5.41, 5.74) is 10.6. The molecule has 0 N–H and O–H groups in total. The van der Waals surface area contributed by atoms with Gasteiger partial charge in [0.1, 0.15) is 0 Å². The van der Waals surface area contributed by atoms with Crippen LogP contribution in [0.15, 0.2) is 140 Å². The second-order valence-corrected chi connectivity index (χ2v) is 13.5. The van der Waals surface area contributed by atoms with Gasteiger partial charge in [-0.3, -0.25) is 0 Å². The fourth-order valence-corrected chi connectivity index (χ4v) is 8.39. The Kier molecular flexibility index (Phi) is 6.02. The normalized spacial score (nSPS) is 13.2. The van der Waals surface area contributed by atoms with E-state index in [4.69, 9.17) is 15.0 Å². The number of nitrogens with zero attached hydrogens (tertiary/aromatic N) is 3. The Hall–Kier alpha value is -5.45. The zero-order valence-corrected chi connectivity index (χ0v) is 26.3. The topological polar surface area (TPSA) is 38.7 Å². The van der Waals surface area contributed by atoms with Gasteiger partial charge in [0.25, 0.3) is 0 Å². The number of benzene rings is 6. The standard InChI is InChI=1S/C42H29N3S/c1-42(2)35-22-10-9-17-30(35)34-25-28(23-24-36(34)42)40-43-39(27-15-7-4-8-16-27)44-41(45-40)33-21-12-20-32-31-19-11-18-29(37(31)46-38(32)33)26-13-5-3-6-14-26/h3-25H,1-2H3. The molecule has 3 nitrogen and oxygen atoms in total. The number of hydrogen-bond acceptors (Lipinski definition) is 4. The molecule has 8 aromatic rings. The molecule has 0 bridgehead atoms. The van der Waals surface area contributed by atoms with Crippen molar-refractivity contribution in [3.8, 4) is 56.4 Å². The quantitative estimate of drug-likeness (QED) is 0.200. The maximum absolute atomic E-state index is 5.20. The van der Waals surface area contributed by atoms with Crippen LogP contribution in [0.3, 0.4) is 0 Å². The van der Waals surface area contributed by atoms with Crippen LogP contribution in [-0.4, -0.2) is 15.0 Å². The van der Waals surface area contributed by atoms with E-state index in [-0.39, 0.29) is 5.41 Å². The summed E-state index contributed by atoms with van der Waals surface area (Å²) in [5.74, 6) is 2.03. The van der Waals surface area contributed by atoms with E-state index in [0.29, 0.717) is 17.5 Å². The first-order chi connectivity index (χ1) is 22.6. The summed E-state index contributed by atoms with van der Waals surface area (Å²) >= 11 is 1.82. The Balaban J connectivity index is 1.27. The van der Waals surface area contributed by atoms with E-state index in [0.717, 1.165) is 16.7 Å². The molecule has 6 aromatic carbocycles. The van der Waals surface area contributed by atoms with Crippen LogP contribution in [0.5, 0.6) is 0 Å². The molecule has 46 heavy (non-hydrogen) atoms. The monoisotopic (exact) mass is 607 g/mol. The first-order valence-electron chi connectivity index (χ1n) is 15.6. The van der Waals surface area contributed by atoms with E-state index < -0.39 is 0 Å². The molecule has 0 amide bonds. The third-order valence-corrected chi connectivity index (χ3v) is 10.6. The smallest absolute Gasteiger partial charge is 0.165 e. The highest BCUT2D eigenvalue weighted by atomic mass is 32.1. The van der Waals surface area contributed by atoms with Crippen molar-refractivity contribution in [2.45, 2.75) is 19.3 Å².